The summed E-state index contributed by atoms with van der Waals surface area (Å²) in [5, 5.41) is 10.7. The van der Waals surface area contributed by atoms with Crippen LogP contribution in [0.5, 0.6) is 0 Å². The molecule has 45 heavy (non-hydrogen) atoms. The number of ketones is 1. The van der Waals surface area contributed by atoms with Gasteiger partial charge in [-0.3, -0.25) is 24.0 Å². The van der Waals surface area contributed by atoms with Crippen molar-refractivity contribution in [3.05, 3.63) is 11.6 Å². The van der Waals surface area contributed by atoms with Crippen LogP contribution in [0.15, 0.2) is 11.6 Å². The summed E-state index contributed by atoms with van der Waals surface area (Å²) in [6, 6.07) is 0. The molecule has 5 aliphatic carbocycles. The number of carbonyl (C=O) groups excluding carboxylic acids is 4. The monoisotopic (exact) mass is 628 g/mol. The molecule has 0 heterocycles. The number of carboxylic acids is 1. The first-order valence-electron chi connectivity index (χ1n) is 16.8. The predicted octanol–water partition coefficient (Wildman–Crippen LogP) is 5.92. The second kappa shape index (κ2) is 10.9. The lowest BCUT2D eigenvalue weighted by Crippen LogP contribution is -2.70. The maximum atomic E-state index is 14.8. The average Bonchev–Trinajstić information content (AvgIpc) is 2.92. The lowest BCUT2D eigenvalue weighted by molar-refractivity contribution is -0.252. The van der Waals surface area contributed by atoms with Crippen LogP contribution < -0.4 is 0 Å². The van der Waals surface area contributed by atoms with Gasteiger partial charge < -0.3 is 19.3 Å². The van der Waals surface area contributed by atoms with E-state index in [4.69, 9.17) is 14.2 Å². The maximum absolute atomic E-state index is 14.8. The molecule has 0 bridgehead atoms. The second-order valence-corrected chi connectivity index (χ2v) is 16.3. The first-order chi connectivity index (χ1) is 20.8. The molecule has 0 amide bonds. The molecule has 12 unspecified atom stereocenters. The number of rotatable bonds is 5. The third-order valence-electron chi connectivity index (χ3n) is 14.0. The highest BCUT2D eigenvalue weighted by Gasteiger charge is 2.73. The smallest absolute Gasteiger partial charge is 0.310 e. The van der Waals surface area contributed by atoms with Crippen molar-refractivity contribution < 1.29 is 43.3 Å². The number of aliphatic carboxylic acids is 1. The van der Waals surface area contributed by atoms with Crippen molar-refractivity contribution in [2.75, 3.05) is 6.61 Å². The summed E-state index contributed by atoms with van der Waals surface area (Å²) in [7, 11) is 0. The van der Waals surface area contributed by atoms with Gasteiger partial charge in [0.15, 0.2) is 5.78 Å². The molecule has 0 aliphatic heterocycles. The molecule has 9 heteroatoms. The number of fused-ring (bicyclic) bond motifs is 7. The fraction of sp³-hybridized carbons (Fsp3) is 0.806. The lowest BCUT2D eigenvalue weighted by Gasteiger charge is -2.71. The van der Waals surface area contributed by atoms with Crippen LogP contribution in [0, 0.1) is 56.7 Å². The molecular formula is C36H52O9. The summed E-state index contributed by atoms with van der Waals surface area (Å²) in [6.07, 6.45) is 4.55. The van der Waals surface area contributed by atoms with Crippen molar-refractivity contribution >= 4 is 29.7 Å². The van der Waals surface area contributed by atoms with E-state index in [0.29, 0.717) is 44.4 Å². The highest BCUT2D eigenvalue weighted by Crippen LogP contribution is 2.75. The molecule has 0 aromatic rings. The summed E-state index contributed by atoms with van der Waals surface area (Å²) in [5.74, 6) is -2.67. The fourth-order valence-corrected chi connectivity index (χ4v) is 11.7. The van der Waals surface area contributed by atoms with Crippen molar-refractivity contribution in [1.29, 1.82) is 0 Å². The van der Waals surface area contributed by atoms with E-state index in [-0.39, 0.29) is 30.1 Å². The number of hydrogen-bond donors (Lipinski definition) is 1. The number of carboxylic acid groups (broad SMARTS) is 1. The Labute approximate surface area is 267 Å². The van der Waals surface area contributed by atoms with Crippen LogP contribution in [0.4, 0.5) is 0 Å². The molecule has 9 nitrogen and oxygen atoms in total. The first-order valence-corrected chi connectivity index (χ1v) is 16.8. The normalized spacial score (nSPS) is 47.1. The van der Waals surface area contributed by atoms with Gasteiger partial charge in [-0.1, -0.05) is 47.1 Å². The third kappa shape index (κ3) is 4.71. The first kappa shape index (κ1) is 33.6. The van der Waals surface area contributed by atoms with Gasteiger partial charge in [0, 0.05) is 32.1 Å². The van der Waals surface area contributed by atoms with E-state index in [1.54, 1.807) is 0 Å². The molecular weight excluding hydrogens is 576 g/mol. The minimum absolute atomic E-state index is 0.00821. The van der Waals surface area contributed by atoms with Crippen LogP contribution >= 0.6 is 0 Å². The average molecular weight is 629 g/mol. The van der Waals surface area contributed by atoms with Crippen LogP contribution in [0.1, 0.15) is 107 Å². The van der Waals surface area contributed by atoms with Gasteiger partial charge >= 0.3 is 23.9 Å². The number of hydrogen-bond acceptors (Lipinski definition) is 8. The van der Waals surface area contributed by atoms with E-state index < -0.39 is 69.1 Å². The third-order valence-corrected chi connectivity index (χ3v) is 14.0. The molecule has 250 valence electrons. The number of esters is 3. The zero-order valence-corrected chi connectivity index (χ0v) is 28.5. The molecule has 5 aliphatic rings. The van der Waals surface area contributed by atoms with Gasteiger partial charge in [-0.05, 0) is 90.9 Å². The Hall–Kier alpha value is -2.71. The van der Waals surface area contributed by atoms with E-state index in [9.17, 15) is 29.1 Å². The molecule has 0 aromatic carbocycles. The molecule has 5 rings (SSSR count). The van der Waals surface area contributed by atoms with E-state index in [2.05, 4.69) is 34.6 Å². The minimum Gasteiger partial charge on any atom is -0.481 e. The Balaban J connectivity index is 1.67. The molecule has 0 spiro atoms. The maximum Gasteiger partial charge on any atom is 0.310 e. The van der Waals surface area contributed by atoms with Crippen molar-refractivity contribution in [3.63, 3.8) is 0 Å². The van der Waals surface area contributed by atoms with Crippen molar-refractivity contribution in [1.82, 2.24) is 0 Å². The minimum atomic E-state index is -0.935. The molecule has 0 saturated heterocycles. The van der Waals surface area contributed by atoms with Crippen molar-refractivity contribution in [3.8, 4) is 0 Å². The van der Waals surface area contributed by atoms with E-state index >= 15 is 0 Å². The van der Waals surface area contributed by atoms with Gasteiger partial charge in [-0.25, -0.2) is 0 Å². The van der Waals surface area contributed by atoms with Crippen LogP contribution in [0.25, 0.3) is 0 Å². The van der Waals surface area contributed by atoms with Gasteiger partial charge in [-0.15, -0.1) is 0 Å². The SMILES string of the molecule is CC(=O)OCC1(C)C(OC(C)=O)C(OC(C)=O)CC2(C)C1CCC1(C)C2C(=O)C=C2C3C(C)C(C)CCC3(C(=O)O)CCC21C. The van der Waals surface area contributed by atoms with E-state index in [1.807, 2.05) is 13.0 Å². The van der Waals surface area contributed by atoms with Crippen LogP contribution in [0.2, 0.25) is 0 Å². The molecule has 0 aromatic heterocycles. The summed E-state index contributed by atoms with van der Waals surface area (Å²) < 4.78 is 17.4. The molecule has 4 fully saturated rings. The topological polar surface area (TPSA) is 133 Å². The molecule has 12 atom stereocenters. The van der Waals surface area contributed by atoms with Crippen LogP contribution in [-0.2, 0) is 38.2 Å². The zero-order valence-electron chi connectivity index (χ0n) is 28.5. The Morgan fingerprint density at radius 2 is 1.53 bits per heavy atom. The quantitative estimate of drug-likeness (QED) is 0.291. The molecule has 4 saturated carbocycles. The second-order valence-electron chi connectivity index (χ2n) is 16.3. The fourth-order valence-electron chi connectivity index (χ4n) is 11.7. The Morgan fingerprint density at radius 1 is 0.889 bits per heavy atom. The van der Waals surface area contributed by atoms with Crippen molar-refractivity contribution in [2.45, 2.75) is 119 Å². The van der Waals surface area contributed by atoms with E-state index in [0.717, 1.165) is 12.0 Å². The Bertz CT molecular complexity index is 1340. The number of allylic oxidation sites excluding steroid dienone is 2. The molecule has 1 N–H and O–H groups in total. The van der Waals surface area contributed by atoms with E-state index in [1.165, 1.54) is 20.8 Å². The highest BCUT2D eigenvalue weighted by atomic mass is 16.6. The highest BCUT2D eigenvalue weighted by molar-refractivity contribution is 5.96. The van der Waals surface area contributed by atoms with Gasteiger partial charge in [0.05, 0.1) is 5.41 Å². The summed E-state index contributed by atoms with van der Waals surface area (Å²) >= 11 is 0. The van der Waals surface area contributed by atoms with Gasteiger partial charge in [0.2, 0.25) is 0 Å². The zero-order chi connectivity index (χ0) is 33.5. The van der Waals surface area contributed by atoms with Gasteiger partial charge in [-0.2, -0.15) is 0 Å². The van der Waals surface area contributed by atoms with Crippen LogP contribution in [0.3, 0.4) is 0 Å². The molecule has 0 radical (unpaired) electrons. The van der Waals surface area contributed by atoms with Crippen molar-refractivity contribution in [2.24, 2.45) is 56.7 Å². The van der Waals surface area contributed by atoms with Gasteiger partial charge in [0.25, 0.3) is 0 Å². The summed E-state index contributed by atoms with van der Waals surface area (Å²) in [6.45, 7) is 16.8. The largest absolute Gasteiger partial charge is 0.481 e. The lowest BCUT2D eigenvalue weighted by atomic mass is 9.33. The predicted molar refractivity (Wildman–Crippen MR) is 164 cm³/mol. The summed E-state index contributed by atoms with van der Waals surface area (Å²) in [4.78, 5) is 64.8. The number of carbonyl (C=O) groups is 5. The Morgan fingerprint density at radius 3 is 2.11 bits per heavy atom. The summed E-state index contributed by atoms with van der Waals surface area (Å²) in [5.41, 5.74) is -2.41. The Kier molecular flexibility index (Phi) is 8.18. The number of ether oxygens (including phenoxy) is 3. The standard InChI is InChI=1S/C36H52O9/c1-19-10-13-36(31(41)42)15-14-34(8)24(28(36)20(19)2)16-25(40)29-32(6)17-26(44-22(4)38)30(45-23(5)39)33(7,18-43-21(3)37)27(32)11-12-35(29,34)9/h16,19-20,26-30H,10-15,17-18H2,1-9H3,(H,41,42). The van der Waals surface area contributed by atoms with Crippen LogP contribution in [-0.4, -0.2) is 53.6 Å². The van der Waals surface area contributed by atoms with Gasteiger partial charge in [0.1, 0.15) is 18.8 Å².